The molecule has 0 rings (SSSR count). The molecule has 0 saturated heterocycles. The number of hydrogen-bond donors (Lipinski definition) is 4. The average Bonchev–Trinajstić information content (AvgIpc) is 2.22. The molecule has 0 aliphatic rings. The predicted molar refractivity (Wildman–Crippen MR) is 66.7 cm³/mol. The van der Waals surface area contributed by atoms with Crippen LogP contribution in [0.15, 0.2) is 0 Å². The molecule has 6 N–H and O–H groups in total. The number of rotatable bonds is 11. The molecule has 15 heavy (non-hydrogen) atoms. The van der Waals surface area contributed by atoms with Gasteiger partial charge in [0.25, 0.3) is 0 Å². The summed E-state index contributed by atoms with van der Waals surface area (Å²) in [6.45, 7) is 6.14. The summed E-state index contributed by atoms with van der Waals surface area (Å²) in [5.74, 6) is 0. The Morgan fingerprint density at radius 1 is 1.07 bits per heavy atom. The summed E-state index contributed by atoms with van der Waals surface area (Å²) in [6, 6.07) is 0. The summed E-state index contributed by atoms with van der Waals surface area (Å²) in [6.07, 6.45) is 5.86. The highest BCUT2D eigenvalue weighted by Gasteiger charge is 1.97. The van der Waals surface area contributed by atoms with Gasteiger partial charge in [-0.3, -0.25) is 0 Å². The Hall–Kier alpha value is -0.160. The van der Waals surface area contributed by atoms with Gasteiger partial charge in [0, 0.05) is 0 Å². The van der Waals surface area contributed by atoms with Crippen LogP contribution in [-0.2, 0) is 0 Å². The molecule has 0 amide bonds. The second-order valence-corrected chi connectivity index (χ2v) is 3.95. The molecule has 0 aromatic rings. The number of unbranched alkanes of at least 4 members (excludes halogenated alkanes) is 2. The normalized spacial score (nSPS) is 13.0. The molecule has 0 aromatic heterocycles. The van der Waals surface area contributed by atoms with Crippen LogP contribution in [0.4, 0.5) is 0 Å². The second kappa shape index (κ2) is 11.9. The van der Waals surface area contributed by atoms with E-state index in [2.05, 4.69) is 17.6 Å². The summed E-state index contributed by atoms with van der Waals surface area (Å²) in [5.41, 5.74) is 11.2. The third kappa shape index (κ3) is 11.8. The lowest BCUT2D eigenvalue weighted by Gasteiger charge is -2.12. The third-order valence-electron chi connectivity index (χ3n) is 2.37. The number of nitrogens with one attached hydrogen (secondary N) is 2. The largest absolute Gasteiger partial charge is 0.330 e. The van der Waals surface area contributed by atoms with E-state index in [0.29, 0.717) is 6.54 Å². The van der Waals surface area contributed by atoms with Crippen LogP contribution >= 0.6 is 0 Å². The molecule has 1 unspecified atom stereocenters. The molecule has 0 bridgehead atoms. The highest BCUT2D eigenvalue weighted by molar-refractivity contribution is 4.59. The lowest BCUT2D eigenvalue weighted by Crippen LogP contribution is -2.39. The minimum absolute atomic E-state index is 0.0723. The van der Waals surface area contributed by atoms with E-state index in [1.54, 1.807) is 0 Å². The molecule has 0 fully saturated rings. The molecule has 0 aromatic carbocycles. The van der Waals surface area contributed by atoms with Gasteiger partial charge in [-0.15, -0.1) is 0 Å². The summed E-state index contributed by atoms with van der Waals surface area (Å²) < 4.78 is 0. The summed E-state index contributed by atoms with van der Waals surface area (Å²) in [7, 11) is 0. The summed E-state index contributed by atoms with van der Waals surface area (Å²) >= 11 is 0. The van der Waals surface area contributed by atoms with Crippen LogP contribution in [0.25, 0.3) is 0 Å². The van der Waals surface area contributed by atoms with E-state index >= 15 is 0 Å². The van der Waals surface area contributed by atoms with E-state index in [-0.39, 0.29) is 6.17 Å². The average molecular weight is 216 g/mol. The second-order valence-electron chi connectivity index (χ2n) is 3.95. The quantitative estimate of drug-likeness (QED) is 0.297. The molecule has 0 aliphatic heterocycles. The molecule has 0 spiro atoms. The first-order valence-electron chi connectivity index (χ1n) is 6.21. The third-order valence-corrected chi connectivity index (χ3v) is 2.37. The molecule has 0 radical (unpaired) electrons. The van der Waals surface area contributed by atoms with Crippen molar-refractivity contribution in [3.05, 3.63) is 0 Å². The van der Waals surface area contributed by atoms with E-state index in [0.717, 1.165) is 26.1 Å². The molecule has 0 saturated carbocycles. The van der Waals surface area contributed by atoms with Crippen LogP contribution < -0.4 is 22.1 Å². The van der Waals surface area contributed by atoms with Gasteiger partial charge in [0.05, 0.1) is 6.17 Å². The zero-order valence-corrected chi connectivity index (χ0v) is 10.1. The van der Waals surface area contributed by atoms with Crippen molar-refractivity contribution in [2.75, 3.05) is 26.2 Å². The van der Waals surface area contributed by atoms with Gasteiger partial charge < -0.3 is 22.1 Å². The van der Waals surface area contributed by atoms with Crippen LogP contribution in [0.3, 0.4) is 0 Å². The van der Waals surface area contributed by atoms with Gasteiger partial charge in [-0.2, -0.15) is 0 Å². The van der Waals surface area contributed by atoms with Crippen molar-refractivity contribution >= 4 is 0 Å². The summed E-state index contributed by atoms with van der Waals surface area (Å²) in [4.78, 5) is 0. The first-order valence-corrected chi connectivity index (χ1v) is 6.21. The zero-order chi connectivity index (χ0) is 11.4. The highest BCUT2D eigenvalue weighted by Crippen LogP contribution is 1.88. The van der Waals surface area contributed by atoms with Crippen LogP contribution in [-0.4, -0.2) is 32.3 Å². The van der Waals surface area contributed by atoms with Gasteiger partial charge in [-0.25, -0.2) is 0 Å². The summed E-state index contributed by atoms with van der Waals surface area (Å²) in [5, 5.41) is 6.68. The van der Waals surface area contributed by atoms with E-state index < -0.39 is 0 Å². The van der Waals surface area contributed by atoms with E-state index in [1.165, 1.54) is 25.7 Å². The fourth-order valence-corrected chi connectivity index (χ4v) is 1.37. The Kier molecular flexibility index (Phi) is 11.8. The van der Waals surface area contributed by atoms with Gasteiger partial charge in [0.2, 0.25) is 0 Å². The van der Waals surface area contributed by atoms with Crippen molar-refractivity contribution < 1.29 is 0 Å². The van der Waals surface area contributed by atoms with Gasteiger partial charge >= 0.3 is 0 Å². The Labute approximate surface area is 94.2 Å². The van der Waals surface area contributed by atoms with Gasteiger partial charge in [-0.1, -0.05) is 13.3 Å². The number of hydrogen-bond acceptors (Lipinski definition) is 4. The van der Waals surface area contributed by atoms with E-state index in [1.807, 2.05) is 0 Å². The number of nitrogens with two attached hydrogens (primary N) is 2. The van der Waals surface area contributed by atoms with Crippen molar-refractivity contribution in [1.82, 2.24) is 10.6 Å². The van der Waals surface area contributed by atoms with Crippen molar-refractivity contribution in [3.63, 3.8) is 0 Å². The maximum atomic E-state index is 5.76. The van der Waals surface area contributed by atoms with E-state index in [4.69, 9.17) is 11.5 Å². The molecule has 4 nitrogen and oxygen atoms in total. The van der Waals surface area contributed by atoms with E-state index in [9.17, 15) is 0 Å². The molecule has 1 atom stereocenters. The first kappa shape index (κ1) is 14.8. The first-order chi connectivity index (χ1) is 7.31. The van der Waals surface area contributed by atoms with Crippen LogP contribution in [0.5, 0.6) is 0 Å². The Bertz CT molecular complexity index is 119. The van der Waals surface area contributed by atoms with Crippen molar-refractivity contribution in [2.45, 2.75) is 45.2 Å². The molecular formula is C11H28N4. The maximum Gasteiger partial charge on any atom is 0.0558 e. The lowest BCUT2D eigenvalue weighted by molar-refractivity contribution is 0.482. The molecule has 0 heterocycles. The zero-order valence-electron chi connectivity index (χ0n) is 10.1. The molecule has 4 heteroatoms. The molecule has 92 valence electrons. The van der Waals surface area contributed by atoms with Crippen LogP contribution in [0, 0.1) is 0 Å². The SMILES string of the molecule is CCCCNCCCCNC(N)CCN. The molecule has 0 aliphatic carbocycles. The Morgan fingerprint density at radius 2 is 1.73 bits per heavy atom. The van der Waals surface area contributed by atoms with Gasteiger partial charge in [0.15, 0.2) is 0 Å². The minimum atomic E-state index is 0.0723. The Morgan fingerprint density at radius 3 is 2.40 bits per heavy atom. The van der Waals surface area contributed by atoms with Gasteiger partial charge in [0.1, 0.15) is 0 Å². The molecular weight excluding hydrogens is 188 g/mol. The Balaban J connectivity index is 2.98. The topological polar surface area (TPSA) is 76.1 Å². The monoisotopic (exact) mass is 216 g/mol. The van der Waals surface area contributed by atoms with Crippen LogP contribution in [0.1, 0.15) is 39.0 Å². The maximum absolute atomic E-state index is 5.76. The van der Waals surface area contributed by atoms with Crippen LogP contribution in [0.2, 0.25) is 0 Å². The van der Waals surface area contributed by atoms with Crippen molar-refractivity contribution in [2.24, 2.45) is 11.5 Å². The fraction of sp³-hybridized carbons (Fsp3) is 1.00. The highest BCUT2D eigenvalue weighted by atomic mass is 15.0. The van der Waals surface area contributed by atoms with Crippen molar-refractivity contribution in [1.29, 1.82) is 0 Å². The fourth-order valence-electron chi connectivity index (χ4n) is 1.37. The smallest absolute Gasteiger partial charge is 0.0558 e. The predicted octanol–water partition coefficient (Wildman–Crippen LogP) is 0.380. The minimum Gasteiger partial charge on any atom is -0.330 e. The van der Waals surface area contributed by atoms with Crippen molar-refractivity contribution in [3.8, 4) is 0 Å². The lowest BCUT2D eigenvalue weighted by atomic mass is 10.2. The van der Waals surface area contributed by atoms with Gasteiger partial charge in [-0.05, 0) is 51.9 Å². The standard InChI is InChI=1S/C11H28N4/c1-2-3-8-14-9-4-5-10-15-11(13)6-7-12/h11,14-15H,2-10,12-13H2,1H3.